The van der Waals surface area contributed by atoms with Gasteiger partial charge in [0.05, 0.1) is 11.4 Å². The molecular formula is C16H10N4. The number of nitrogens with zero attached hydrogens (tertiary/aromatic N) is 4. The van der Waals surface area contributed by atoms with Crippen LogP contribution in [0, 0.1) is 0 Å². The molecule has 0 radical (unpaired) electrons. The normalized spacial score (nSPS) is 11.0. The molecule has 0 spiro atoms. The topological polar surface area (TPSA) is 51.6 Å². The van der Waals surface area contributed by atoms with Gasteiger partial charge < -0.3 is 0 Å². The molecule has 4 heteroatoms. The SMILES string of the molecule is c1cc2cc(-c3nccc4cnccc34)ncc2cn1. The predicted molar refractivity (Wildman–Crippen MR) is 78.1 cm³/mol. The molecule has 0 saturated carbocycles. The Kier molecular flexibility index (Phi) is 2.39. The molecule has 0 bridgehead atoms. The molecule has 94 valence electrons. The molecule has 0 aromatic carbocycles. The van der Waals surface area contributed by atoms with Crippen molar-refractivity contribution in [2.24, 2.45) is 0 Å². The molecule has 4 aromatic rings. The maximum absolute atomic E-state index is 4.50. The fourth-order valence-electron chi connectivity index (χ4n) is 2.33. The zero-order chi connectivity index (χ0) is 13.4. The van der Waals surface area contributed by atoms with Gasteiger partial charge in [-0.05, 0) is 29.7 Å². The summed E-state index contributed by atoms with van der Waals surface area (Å²) in [5, 5.41) is 4.26. The van der Waals surface area contributed by atoms with E-state index in [9.17, 15) is 0 Å². The lowest BCUT2D eigenvalue weighted by atomic mass is 10.1. The van der Waals surface area contributed by atoms with E-state index in [1.165, 1.54) is 0 Å². The summed E-state index contributed by atoms with van der Waals surface area (Å²) in [5.41, 5.74) is 1.74. The molecule has 4 nitrogen and oxygen atoms in total. The highest BCUT2D eigenvalue weighted by atomic mass is 14.8. The lowest BCUT2D eigenvalue weighted by molar-refractivity contribution is 1.26. The Bertz CT molecular complexity index is 913. The number of rotatable bonds is 1. The Labute approximate surface area is 115 Å². The molecule has 0 amide bonds. The second kappa shape index (κ2) is 4.35. The highest BCUT2D eigenvalue weighted by Gasteiger charge is 2.07. The van der Waals surface area contributed by atoms with E-state index in [4.69, 9.17) is 0 Å². The third-order valence-corrected chi connectivity index (χ3v) is 3.33. The largest absolute Gasteiger partial charge is 0.264 e. The number of hydrogen-bond donors (Lipinski definition) is 0. The van der Waals surface area contributed by atoms with Crippen LogP contribution in [0.2, 0.25) is 0 Å². The average Bonchev–Trinajstić information content (AvgIpc) is 2.54. The van der Waals surface area contributed by atoms with Crippen LogP contribution in [0.4, 0.5) is 0 Å². The van der Waals surface area contributed by atoms with Gasteiger partial charge in [0, 0.05) is 53.3 Å². The van der Waals surface area contributed by atoms with Crippen molar-refractivity contribution in [1.29, 1.82) is 0 Å². The summed E-state index contributed by atoms with van der Waals surface area (Å²) in [6, 6.07) is 7.94. The molecule has 20 heavy (non-hydrogen) atoms. The second-order valence-corrected chi connectivity index (χ2v) is 4.55. The quantitative estimate of drug-likeness (QED) is 0.526. The Morgan fingerprint density at radius 2 is 1.45 bits per heavy atom. The van der Waals surface area contributed by atoms with E-state index in [0.29, 0.717) is 0 Å². The van der Waals surface area contributed by atoms with Crippen molar-refractivity contribution in [3.8, 4) is 11.4 Å². The van der Waals surface area contributed by atoms with E-state index in [1.54, 1.807) is 18.6 Å². The van der Waals surface area contributed by atoms with Crippen LogP contribution < -0.4 is 0 Å². The Balaban J connectivity index is 2.01. The molecule has 0 aliphatic heterocycles. The molecule has 0 fully saturated rings. The average molecular weight is 258 g/mol. The van der Waals surface area contributed by atoms with Gasteiger partial charge in [0.1, 0.15) is 0 Å². The second-order valence-electron chi connectivity index (χ2n) is 4.55. The van der Waals surface area contributed by atoms with Crippen LogP contribution in [0.1, 0.15) is 0 Å². The van der Waals surface area contributed by atoms with Crippen LogP contribution in [0.3, 0.4) is 0 Å². The zero-order valence-corrected chi connectivity index (χ0v) is 10.6. The predicted octanol–water partition coefficient (Wildman–Crippen LogP) is 3.24. The summed E-state index contributed by atoms with van der Waals surface area (Å²) in [6.07, 6.45) is 10.8. The van der Waals surface area contributed by atoms with E-state index in [0.717, 1.165) is 32.9 Å². The van der Waals surface area contributed by atoms with Gasteiger partial charge in [-0.3, -0.25) is 19.9 Å². The van der Waals surface area contributed by atoms with Crippen LogP contribution >= 0.6 is 0 Å². The maximum atomic E-state index is 4.50. The van der Waals surface area contributed by atoms with E-state index in [1.807, 2.05) is 42.9 Å². The molecule has 0 aliphatic rings. The first-order valence-electron chi connectivity index (χ1n) is 6.31. The monoisotopic (exact) mass is 258 g/mol. The third kappa shape index (κ3) is 1.70. The highest BCUT2D eigenvalue weighted by Crippen LogP contribution is 2.26. The van der Waals surface area contributed by atoms with Crippen molar-refractivity contribution in [2.45, 2.75) is 0 Å². The molecular weight excluding hydrogens is 248 g/mol. The smallest absolute Gasteiger partial charge is 0.0965 e. The minimum Gasteiger partial charge on any atom is -0.264 e. The first-order valence-corrected chi connectivity index (χ1v) is 6.31. The Morgan fingerprint density at radius 3 is 2.40 bits per heavy atom. The van der Waals surface area contributed by atoms with Crippen LogP contribution in [-0.2, 0) is 0 Å². The first-order chi connectivity index (χ1) is 9.92. The lowest BCUT2D eigenvalue weighted by Crippen LogP contribution is -1.90. The van der Waals surface area contributed by atoms with Gasteiger partial charge in [0.15, 0.2) is 0 Å². The molecule has 4 aromatic heterocycles. The van der Waals surface area contributed by atoms with Crippen LogP contribution in [0.15, 0.2) is 61.4 Å². The summed E-state index contributed by atoms with van der Waals surface area (Å²) in [6.45, 7) is 0. The van der Waals surface area contributed by atoms with Crippen molar-refractivity contribution in [1.82, 2.24) is 19.9 Å². The van der Waals surface area contributed by atoms with Gasteiger partial charge >= 0.3 is 0 Å². The number of aromatic nitrogens is 4. The van der Waals surface area contributed by atoms with Gasteiger partial charge in [-0.1, -0.05) is 0 Å². The summed E-state index contributed by atoms with van der Waals surface area (Å²) in [4.78, 5) is 17.2. The Hall–Kier alpha value is -2.88. The molecule has 0 aliphatic carbocycles. The lowest BCUT2D eigenvalue weighted by Gasteiger charge is -2.05. The zero-order valence-electron chi connectivity index (χ0n) is 10.6. The van der Waals surface area contributed by atoms with E-state index in [-0.39, 0.29) is 0 Å². The van der Waals surface area contributed by atoms with Gasteiger partial charge in [-0.25, -0.2) is 0 Å². The molecule has 0 N–H and O–H groups in total. The molecule has 4 heterocycles. The molecule has 0 unspecified atom stereocenters. The number of pyridine rings is 4. The standard InChI is InChI=1S/C16H10N4/c1-4-17-9-13-10-20-15(7-11(1)13)16-14-3-5-18-8-12(14)2-6-19-16/h1-10H. The fourth-order valence-corrected chi connectivity index (χ4v) is 2.33. The van der Waals surface area contributed by atoms with Gasteiger partial charge in [-0.15, -0.1) is 0 Å². The van der Waals surface area contributed by atoms with E-state index < -0.39 is 0 Å². The maximum Gasteiger partial charge on any atom is 0.0965 e. The fraction of sp³-hybridized carbons (Fsp3) is 0. The summed E-state index contributed by atoms with van der Waals surface area (Å²) in [7, 11) is 0. The van der Waals surface area contributed by atoms with Crippen LogP contribution in [-0.4, -0.2) is 19.9 Å². The van der Waals surface area contributed by atoms with E-state index >= 15 is 0 Å². The highest BCUT2D eigenvalue weighted by molar-refractivity contribution is 5.95. The van der Waals surface area contributed by atoms with Crippen molar-refractivity contribution in [2.75, 3.05) is 0 Å². The van der Waals surface area contributed by atoms with Crippen LogP contribution in [0.25, 0.3) is 32.9 Å². The van der Waals surface area contributed by atoms with Gasteiger partial charge in [-0.2, -0.15) is 0 Å². The van der Waals surface area contributed by atoms with Crippen molar-refractivity contribution in [3.63, 3.8) is 0 Å². The summed E-state index contributed by atoms with van der Waals surface area (Å²) >= 11 is 0. The first kappa shape index (κ1) is 11.0. The van der Waals surface area contributed by atoms with Crippen molar-refractivity contribution in [3.05, 3.63) is 61.4 Å². The third-order valence-electron chi connectivity index (χ3n) is 3.33. The number of hydrogen-bond acceptors (Lipinski definition) is 4. The minimum absolute atomic E-state index is 0.862. The molecule has 0 saturated heterocycles. The van der Waals surface area contributed by atoms with Gasteiger partial charge in [0.2, 0.25) is 0 Å². The summed E-state index contributed by atoms with van der Waals surface area (Å²) < 4.78 is 0. The van der Waals surface area contributed by atoms with Crippen molar-refractivity contribution >= 4 is 21.5 Å². The molecule has 0 atom stereocenters. The minimum atomic E-state index is 0.862. The van der Waals surface area contributed by atoms with Gasteiger partial charge in [0.25, 0.3) is 0 Å². The summed E-state index contributed by atoms with van der Waals surface area (Å²) in [5.74, 6) is 0. The van der Waals surface area contributed by atoms with E-state index in [2.05, 4.69) is 19.9 Å². The molecule has 4 rings (SSSR count). The number of fused-ring (bicyclic) bond motifs is 2. The Morgan fingerprint density at radius 1 is 0.650 bits per heavy atom. The van der Waals surface area contributed by atoms with Crippen molar-refractivity contribution < 1.29 is 0 Å². The van der Waals surface area contributed by atoms with Crippen LogP contribution in [0.5, 0.6) is 0 Å².